The smallest absolute Gasteiger partial charge is 0.335 e. The van der Waals surface area contributed by atoms with E-state index in [2.05, 4.69) is 9.97 Å². The van der Waals surface area contributed by atoms with Gasteiger partial charge in [-0.15, -0.1) is 0 Å². The molecule has 150 valence electrons. The van der Waals surface area contributed by atoms with Gasteiger partial charge in [0.05, 0.1) is 22.4 Å². The summed E-state index contributed by atoms with van der Waals surface area (Å²) in [5.74, 6) is -3.94. The fourth-order valence-corrected chi connectivity index (χ4v) is 3.25. The number of nitrogens with zero attached hydrogens (tertiary/aromatic N) is 2. The number of H-pyrrole nitrogens is 1. The fraction of sp³-hybridized carbons (Fsp3) is 0.0500. The van der Waals surface area contributed by atoms with Gasteiger partial charge < -0.3 is 30.0 Å². The first-order valence-corrected chi connectivity index (χ1v) is 8.62. The standard InChI is InChI=1S/C20H14N4O6/c21-16-15(17-22-13-4-2-1-3-12(13)18(26)23-17)14(25)8-24(16)11-6-9(19(27)28)5-10(7-11)20(29)30/h1-7,21,25H,8H2,(H,27,28)(H,29,30)(H,22,23,26)/p-2. The van der Waals surface area contributed by atoms with Crippen LogP contribution in [-0.4, -0.2) is 39.4 Å². The fourth-order valence-electron chi connectivity index (χ4n) is 3.25. The molecule has 0 spiro atoms. The van der Waals surface area contributed by atoms with Gasteiger partial charge in [0.25, 0.3) is 5.56 Å². The molecule has 0 atom stereocenters. The quantitative estimate of drug-likeness (QED) is 0.524. The zero-order chi connectivity index (χ0) is 21.6. The molecule has 0 saturated carbocycles. The molecule has 1 aliphatic heterocycles. The Balaban J connectivity index is 1.79. The van der Waals surface area contributed by atoms with Crippen molar-refractivity contribution in [2.45, 2.75) is 0 Å². The number of aromatic nitrogens is 2. The number of hydrogen-bond donors (Lipinski definition) is 3. The monoisotopic (exact) mass is 404 g/mol. The predicted molar refractivity (Wildman–Crippen MR) is 102 cm³/mol. The van der Waals surface area contributed by atoms with Crippen molar-refractivity contribution in [1.82, 2.24) is 9.97 Å². The topological polar surface area (TPSA) is 173 Å². The summed E-state index contributed by atoms with van der Waals surface area (Å²) in [5.41, 5.74) is -1.02. The molecule has 0 unspecified atom stereocenters. The highest BCUT2D eigenvalue weighted by molar-refractivity contribution is 6.30. The van der Waals surface area contributed by atoms with Crippen LogP contribution in [0.2, 0.25) is 0 Å². The Kier molecular flexibility index (Phi) is 4.31. The molecule has 2 aromatic carbocycles. The van der Waals surface area contributed by atoms with Gasteiger partial charge in [-0.25, -0.2) is 9.78 Å². The molecule has 3 aromatic rings. The SMILES string of the molecule is N=C1C(c2nc3ccccc3c(=O)[nH]2)=C([O-])CN1c1cc(C(=O)[O-])cc(C(=O)O)c1. The molecule has 1 aromatic heterocycles. The average Bonchev–Trinajstić information content (AvgIpc) is 3.01. The Morgan fingerprint density at radius 1 is 1.17 bits per heavy atom. The molecule has 0 amide bonds. The first kappa shape index (κ1) is 18.9. The Morgan fingerprint density at radius 2 is 1.87 bits per heavy atom. The minimum Gasteiger partial charge on any atom is -0.874 e. The van der Waals surface area contributed by atoms with Crippen LogP contribution in [0.25, 0.3) is 16.5 Å². The van der Waals surface area contributed by atoms with Gasteiger partial charge in [0.15, 0.2) is 0 Å². The van der Waals surface area contributed by atoms with Crippen LogP contribution in [-0.2, 0) is 0 Å². The third-order valence-electron chi connectivity index (χ3n) is 4.65. The number of carbonyl (C=O) groups excluding carboxylic acids is 1. The largest absolute Gasteiger partial charge is 0.874 e. The van der Waals surface area contributed by atoms with E-state index in [4.69, 9.17) is 5.41 Å². The van der Waals surface area contributed by atoms with E-state index >= 15 is 0 Å². The van der Waals surface area contributed by atoms with E-state index in [0.29, 0.717) is 10.9 Å². The maximum atomic E-state index is 12.6. The molecule has 2 heterocycles. The van der Waals surface area contributed by atoms with Crippen LogP contribution in [0.15, 0.2) is 53.0 Å². The summed E-state index contributed by atoms with van der Waals surface area (Å²) < 4.78 is 0. The van der Waals surface area contributed by atoms with E-state index in [-0.39, 0.29) is 35.0 Å². The Labute approximate surface area is 167 Å². The molecule has 30 heavy (non-hydrogen) atoms. The summed E-state index contributed by atoms with van der Waals surface area (Å²) in [5, 5.41) is 41.8. The summed E-state index contributed by atoms with van der Waals surface area (Å²) in [6, 6.07) is 9.70. The Morgan fingerprint density at radius 3 is 2.57 bits per heavy atom. The van der Waals surface area contributed by atoms with E-state index in [9.17, 15) is 29.7 Å². The average molecular weight is 404 g/mol. The number of carboxylic acids is 2. The van der Waals surface area contributed by atoms with E-state index in [1.54, 1.807) is 24.3 Å². The lowest BCUT2D eigenvalue weighted by molar-refractivity contribution is -0.300. The number of aromatic carboxylic acids is 2. The Bertz CT molecular complexity index is 1310. The highest BCUT2D eigenvalue weighted by Gasteiger charge is 2.27. The lowest BCUT2D eigenvalue weighted by atomic mass is 10.1. The van der Waals surface area contributed by atoms with Gasteiger partial charge in [-0.05, 0) is 30.3 Å². The molecule has 10 heteroatoms. The normalized spacial score (nSPS) is 13.9. The maximum Gasteiger partial charge on any atom is 0.335 e. The van der Waals surface area contributed by atoms with Crippen molar-refractivity contribution in [1.29, 1.82) is 5.41 Å². The summed E-state index contributed by atoms with van der Waals surface area (Å²) in [6.07, 6.45) is 0. The first-order chi connectivity index (χ1) is 14.3. The molecule has 10 nitrogen and oxygen atoms in total. The number of nitrogens with one attached hydrogen (secondary N) is 2. The number of hydrogen-bond acceptors (Lipinski definition) is 7. The van der Waals surface area contributed by atoms with Crippen LogP contribution in [0.3, 0.4) is 0 Å². The Hall–Kier alpha value is -4.47. The summed E-state index contributed by atoms with van der Waals surface area (Å²) >= 11 is 0. The summed E-state index contributed by atoms with van der Waals surface area (Å²) in [4.78, 5) is 42.8. The lowest BCUT2D eigenvalue weighted by Crippen LogP contribution is -2.29. The van der Waals surface area contributed by atoms with Crippen LogP contribution in [0, 0.1) is 5.41 Å². The van der Waals surface area contributed by atoms with Crippen LogP contribution in [0.4, 0.5) is 5.69 Å². The van der Waals surface area contributed by atoms with Gasteiger partial charge >= 0.3 is 5.97 Å². The van der Waals surface area contributed by atoms with Gasteiger partial charge in [0.2, 0.25) is 0 Å². The second-order valence-electron chi connectivity index (χ2n) is 6.53. The second kappa shape index (κ2) is 6.85. The number of benzene rings is 2. The lowest BCUT2D eigenvalue weighted by Gasteiger charge is -2.22. The van der Waals surface area contributed by atoms with Crippen molar-refractivity contribution in [3.8, 4) is 0 Å². The van der Waals surface area contributed by atoms with E-state index < -0.39 is 28.8 Å². The van der Waals surface area contributed by atoms with Crippen molar-refractivity contribution in [3.05, 3.63) is 75.5 Å². The van der Waals surface area contributed by atoms with E-state index in [1.807, 2.05) is 0 Å². The van der Waals surface area contributed by atoms with Crippen LogP contribution < -0.4 is 20.7 Å². The van der Waals surface area contributed by atoms with Crippen LogP contribution in [0.5, 0.6) is 0 Å². The molecule has 0 radical (unpaired) electrons. The van der Waals surface area contributed by atoms with Crippen molar-refractivity contribution in [3.63, 3.8) is 0 Å². The number of rotatable bonds is 4. The summed E-state index contributed by atoms with van der Waals surface area (Å²) in [6.45, 7) is -0.347. The third-order valence-corrected chi connectivity index (χ3v) is 4.65. The number of aromatic amines is 1. The molecular weight excluding hydrogens is 392 g/mol. The van der Waals surface area contributed by atoms with Gasteiger partial charge in [0.1, 0.15) is 11.7 Å². The van der Waals surface area contributed by atoms with Crippen LogP contribution >= 0.6 is 0 Å². The predicted octanol–water partition coefficient (Wildman–Crippen LogP) is -0.446. The number of anilines is 1. The maximum absolute atomic E-state index is 12.6. The van der Waals surface area contributed by atoms with Crippen LogP contribution in [0.1, 0.15) is 26.5 Å². The number of carbonyl (C=O) groups is 2. The zero-order valence-corrected chi connectivity index (χ0v) is 15.1. The van der Waals surface area contributed by atoms with Gasteiger partial charge in [-0.2, -0.15) is 0 Å². The highest BCUT2D eigenvalue weighted by atomic mass is 16.4. The van der Waals surface area contributed by atoms with Crippen molar-refractivity contribution in [2.75, 3.05) is 11.4 Å². The third kappa shape index (κ3) is 3.05. The molecule has 3 N–H and O–H groups in total. The highest BCUT2D eigenvalue weighted by Crippen LogP contribution is 2.30. The molecular formula is C20H12N4O6-2. The van der Waals surface area contributed by atoms with E-state index in [1.165, 1.54) is 0 Å². The molecule has 0 saturated heterocycles. The van der Waals surface area contributed by atoms with Crippen molar-refractivity contribution < 1.29 is 24.9 Å². The van der Waals surface area contributed by atoms with Gasteiger partial charge in [-0.3, -0.25) is 10.2 Å². The van der Waals surface area contributed by atoms with Gasteiger partial charge in [0, 0.05) is 23.4 Å². The number of fused-ring (bicyclic) bond motifs is 1. The zero-order valence-electron chi connectivity index (χ0n) is 15.1. The van der Waals surface area contributed by atoms with E-state index in [0.717, 1.165) is 23.1 Å². The summed E-state index contributed by atoms with van der Waals surface area (Å²) in [7, 11) is 0. The molecule has 0 aliphatic carbocycles. The molecule has 4 rings (SSSR count). The minimum atomic E-state index is -1.60. The first-order valence-electron chi connectivity index (χ1n) is 8.62. The van der Waals surface area contributed by atoms with Gasteiger partial charge in [-0.1, -0.05) is 17.9 Å². The second-order valence-corrected chi connectivity index (χ2v) is 6.53. The molecule has 0 fully saturated rings. The van der Waals surface area contributed by atoms with Crippen molar-refractivity contribution in [2.24, 2.45) is 0 Å². The number of amidine groups is 1. The molecule has 0 bridgehead atoms. The van der Waals surface area contributed by atoms with Crippen molar-refractivity contribution >= 4 is 39.9 Å². The number of para-hydroxylation sites is 1. The number of carboxylic acid groups (broad SMARTS) is 2. The minimum absolute atomic E-state index is 0.0191. The molecule has 1 aliphatic rings.